The van der Waals surface area contributed by atoms with Crippen molar-refractivity contribution >= 4 is 30.0 Å². The number of benzene rings is 3. The van der Waals surface area contributed by atoms with Crippen molar-refractivity contribution in [3.63, 3.8) is 0 Å². The fourth-order valence-electron chi connectivity index (χ4n) is 3.41. The van der Waals surface area contributed by atoms with Crippen molar-refractivity contribution in [2.45, 2.75) is 32.1 Å². The Balaban J connectivity index is 0.00000408. The van der Waals surface area contributed by atoms with E-state index in [-0.39, 0.29) is 31.2 Å². The highest BCUT2D eigenvalue weighted by Crippen LogP contribution is 2.22. The van der Waals surface area contributed by atoms with E-state index in [1.807, 2.05) is 66.7 Å². The van der Waals surface area contributed by atoms with Crippen LogP contribution in [0.4, 0.5) is 0 Å². The van der Waals surface area contributed by atoms with Gasteiger partial charge >= 0.3 is 5.97 Å². The fourth-order valence-corrected chi connectivity index (χ4v) is 3.61. The van der Waals surface area contributed by atoms with E-state index in [1.165, 1.54) is 12.7 Å². The summed E-state index contributed by atoms with van der Waals surface area (Å²) < 4.78 is 16.3. The molecule has 7 heteroatoms. The number of esters is 1. The second-order valence-corrected chi connectivity index (χ2v) is 8.30. The molecule has 0 saturated carbocycles. The van der Waals surface area contributed by atoms with Crippen LogP contribution in [-0.4, -0.2) is 32.3 Å². The zero-order valence-corrected chi connectivity index (χ0v) is 21.0. The van der Waals surface area contributed by atoms with Gasteiger partial charge in [0.05, 0.1) is 19.8 Å². The monoisotopic (exact) mass is 503 g/mol. The summed E-state index contributed by atoms with van der Waals surface area (Å²) in [5.41, 5.74) is 3.35. The third-order valence-corrected chi connectivity index (χ3v) is 5.45. The second kappa shape index (κ2) is 14.6. The molecule has 0 aliphatic heterocycles. The Morgan fingerprint density at radius 3 is 2.38 bits per heavy atom. The van der Waals surface area contributed by atoms with Gasteiger partial charge in [0, 0.05) is 17.6 Å². The third kappa shape index (κ3) is 9.35. The van der Waals surface area contributed by atoms with E-state index in [2.05, 4.69) is 29.1 Å². The number of carbonyl (C=O) groups is 1. The van der Waals surface area contributed by atoms with Crippen LogP contribution in [0.5, 0.6) is 5.75 Å². The number of ether oxygens (including phenoxy) is 3. The molecule has 0 saturated heterocycles. The van der Waals surface area contributed by atoms with E-state index >= 15 is 0 Å². The van der Waals surface area contributed by atoms with Crippen LogP contribution >= 0.6 is 24.0 Å². The molecule has 0 aromatic heterocycles. The predicted molar refractivity (Wildman–Crippen MR) is 138 cm³/mol. The molecule has 182 valence electrons. The van der Waals surface area contributed by atoms with Crippen molar-refractivity contribution in [2.24, 2.45) is 0 Å². The van der Waals surface area contributed by atoms with E-state index in [1.54, 1.807) is 0 Å². The first-order valence-corrected chi connectivity index (χ1v) is 11.3. The maximum absolute atomic E-state index is 11.2. The van der Waals surface area contributed by atoms with Gasteiger partial charge in [0.25, 0.3) is 0 Å². The van der Waals surface area contributed by atoms with Crippen LogP contribution < -0.4 is 10.1 Å². The minimum atomic E-state index is -0.402. The molecule has 2 atom stereocenters. The van der Waals surface area contributed by atoms with E-state index < -0.39 is 5.97 Å². The third-order valence-electron chi connectivity index (χ3n) is 5.22. The highest BCUT2D eigenvalue weighted by atomic mass is 35.5. The molecule has 0 radical (unpaired) electrons. The molecule has 0 bridgehead atoms. The SMILES string of the molecule is COC(=O)COc1ccc(CC(C)NCC(OCc2ccccc2)c2cccc(Cl)c2)cc1.Cl. The summed E-state index contributed by atoms with van der Waals surface area (Å²) in [5.74, 6) is 0.237. The molecule has 34 heavy (non-hydrogen) atoms. The molecule has 3 aromatic rings. The summed E-state index contributed by atoms with van der Waals surface area (Å²) in [6.45, 7) is 3.24. The number of hydrogen-bond donors (Lipinski definition) is 1. The van der Waals surface area contributed by atoms with Crippen LogP contribution in [0.3, 0.4) is 0 Å². The van der Waals surface area contributed by atoms with Crippen LogP contribution in [0.25, 0.3) is 0 Å². The molecule has 3 rings (SSSR count). The van der Waals surface area contributed by atoms with Gasteiger partial charge in [-0.1, -0.05) is 66.2 Å². The maximum atomic E-state index is 11.2. The van der Waals surface area contributed by atoms with Crippen LogP contribution in [0.2, 0.25) is 5.02 Å². The van der Waals surface area contributed by atoms with Crippen molar-refractivity contribution in [3.8, 4) is 5.75 Å². The molecule has 0 aliphatic rings. The molecule has 2 unspecified atom stereocenters. The first kappa shape index (κ1) is 27.7. The predicted octanol–water partition coefficient (Wildman–Crippen LogP) is 5.79. The molecule has 0 fully saturated rings. The van der Waals surface area contributed by atoms with Gasteiger partial charge in [-0.05, 0) is 54.3 Å². The molecule has 0 aliphatic carbocycles. The first-order valence-electron chi connectivity index (χ1n) is 11.0. The minimum absolute atomic E-state index is 0. The van der Waals surface area contributed by atoms with E-state index in [9.17, 15) is 4.79 Å². The largest absolute Gasteiger partial charge is 0.482 e. The average molecular weight is 504 g/mol. The molecule has 5 nitrogen and oxygen atoms in total. The van der Waals surface area contributed by atoms with E-state index in [0.29, 0.717) is 23.9 Å². The van der Waals surface area contributed by atoms with Gasteiger partial charge in [-0.25, -0.2) is 4.79 Å². The molecule has 0 heterocycles. The lowest BCUT2D eigenvalue weighted by molar-refractivity contribution is -0.142. The van der Waals surface area contributed by atoms with Crippen molar-refractivity contribution in [1.82, 2.24) is 5.32 Å². The Morgan fingerprint density at radius 1 is 0.971 bits per heavy atom. The standard InChI is InChI=1S/C27H30ClNO4.ClH/c1-20(15-21-11-13-25(14-12-21)32-19-27(30)31-2)29-17-26(23-9-6-10-24(28)16-23)33-18-22-7-4-3-5-8-22;/h3-14,16,20,26,29H,15,17-19H2,1-2H3;1H. The maximum Gasteiger partial charge on any atom is 0.343 e. The van der Waals surface area contributed by atoms with Gasteiger partial charge in [0.15, 0.2) is 6.61 Å². The molecule has 0 amide bonds. The van der Waals surface area contributed by atoms with Crippen molar-refractivity contribution < 1.29 is 19.0 Å². The molecule has 3 aromatic carbocycles. The number of halogens is 2. The lowest BCUT2D eigenvalue weighted by Crippen LogP contribution is -2.32. The number of carbonyl (C=O) groups excluding carboxylic acids is 1. The van der Waals surface area contributed by atoms with Crippen molar-refractivity contribution in [3.05, 3.63) is 101 Å². The first-order chi connectivity index (χ1) is 16.0. The Kier molecular flexibility index (Phi) is 11.9. The zero-order valence-electron chi connectivity index (χ0n) is 19.4. The summed E-state index contributed by atoms with van der Waals surface area (Å²) in [5, 5.41) is 4.28. The Hall–Kier alpha value is -2.57. The van der Waals surface area contributed by atoms with Gasteiger partial charge in [-0.3, -0.25) is 0 Å². The van der Waals surface area contributed by atoms with Gasteiger partial charge < -0.3 is 19.5 Å². The minimum Gasteiger partial charge on any atom is -0.482 e. The van der Waals surface area contributed by atoms with Crippen molar-refractivity contribution in [2.75, 3.05) is 20.3 Å². The molecule has 1 N–H and O–H groups in total. The molecular formula is C27H31Cl2NO4. The highest BCUT2D eigenvalue weighted by molar-refractivity contribution is 6.30. The molecular weight excluding hydrogens is 473 g/mol. The van der Waals surface area contributed by atoms with Crippen molar-refractivity contribution in [1.29, 1.82) is 0 Å². The van der Waals surface area contributed by atoms with Gasteiger partial charge in [-0.2, -0.15) is 0 Å². The summed E-state index contributed by atoms with van der Waals surface area (Å²) in [7, 11) is 1.34. The van der Waals surface area contributed by atoms with E-state index in [0.717, 1.165) is 17.5 Å². The van der Waals surface area contributed by atoms with Crippen LogP contribution in [0, 0.1) is 0 Å². The Labute approximate surface area is 212 Å². The smallest absolute Gasteiger partial charge is 0.343 e. The summed E-state index contributed by atoms with van der Waals surface area (Å²) in [4.78, 5) is 11.2. The summed E-state index contributed by atoms with van der Waals surface area (Å²) in [6.07, 6.45) is 0.721. The normalized spacial score (nSPS) is 12.3. The lowest BCUT2D eigenvalue weighted by atomic mass is 10.1. The number of nitrogens with one attached hydrogen (secondary N) is 1. The number of rotatable bonds is 12. The van der Waals surface area contributed by atoms with Crippen LogP contribution in [-0.2, 0) is 27.3 Å². The number of hydrogen-bond acceptors (Lipinski definition) is 5. The van der Waals surface area contributed by atoms with Gasteiger partial charge in [0.1, 0.15) is 5.75 Å². The van der Waals surface area contributed by atoms with Crippen LogP contribution in [0.15, 0.2) is 78.9 Å². The highest BCUT2D eigenvalue weighted by Gasteiger charge is 2.15. The zero-order chi connectivity index (χ0) is 23.5. The Morgan fingerprint density at radius 2 is 1.71 bits per heavy atom. The topological polar surface area (TPSA) is 56.8 Å². The van der Waals surface area contributed by atoms with Crippen LogP contribution in [0.1, 0.15) is 29.7 Å². The number of methoxy groups -OCH3 is 1. The lowest BCUT2D eigenvalue weighted by Gasteiger charge is -2.22. The second-order valence-electron chi connectivity index (χ2n) is 7.86. The quantitative estimate of drug-likeness (QED) is 0.317. The average Bonchev–Trinajstić information content (AvgIpc) is 2.84. The fraction of sp³-hybridized carbons (Fsp3) is 0.296. The molecule has 0 spiro atoms. The summed E-state index contributed by atoms with van der Waals surface area (Å²) >= 11 is 6.23. The summed E-state index contributed by atoms with van der Waals surface area (Å²) in [6, 6.07) is 25.9. The Bertz CT molecular complexity index is 999. The van der Waals surface area contributed by atoms with E-state index in [4.69, 9.17) is 21.1 Å². The van der Waals surface area contributed by atoms with Gasteiger partial charge in [-0.15, -0.1) is 12.4 Å². The van der Waals surface area contributed by atoms with Gasteiger partial charge in [0.2, 0.25) is 0 Å².